The highest BCUT2D eigenvalue weighted by molar-refractivity contribution is 5.70. The standard InChI is InChI=1S/C20H25FN2O4/c21-9-11-22-10-8-20(27-18(22)24)12-16-6-7-17(13-20)23(16)19(25)26-14-15-4-2-1-3-5-15/h1-5,16-17H,6-14H2. The number of carbonyl (C=O) groups excluding carboxylic acids is 2. The van der Waals surface area contributed by atoms with Crippen LogP contribution in [0.4, 0.5) is 14.0 Å². The predicted octanol–water partition coefficient (Wildman–Crippen LogP) is 3.50. The van der Waals surface area contributed by atoms with Gasteiger partial charge in [0.25, 0.3) is 0 Å². The Hall–Kier alpha value is -2.31. The number of piperidine rings is 1. The first kappa shape index (κ1) is 18.1. The van der Waals surface area contributed by atoms with E-state index >= 15 is 0 Å². The van der Waals surface area contributed by atoms with Crippen molar-refractivity contribution in [1.82, 2.24) is 9.80 Å². The lowest BCUT2D eigenvalue weighted by Crippen LogP contribution is -2.59. The van der Waals surface area contributed by atoms with Crippen LogP contribution in [-0.2, 0) is 16.1 Å². The van der Waals surface area contributed by atoms with Gasteiger partial charge < -0.3 is 19.3 Å². The molecular formula is C20H25FN2O4. The molecule has 3 saturated heterocycles. The van der Waals surface area contributed by atoms with Gasteiger partial charge in [0.15, 0.2) is 0 Å². The molecule has 2 amide bonds. The monoisotopic (exact) mass is 376 g/mol. The molecule has 2 unspecified atom stereocenters. The molecule has 7 heteroatoms. The summed E-state index contributed by atoms with van der Waals surface area (Å²) < 4.78 is 23.8. The number of carbonyl (C=O) groups is 2. The zero-order chi connectivity index (χ0) is 18.9. The molecule has 2 bridgehead atoms. The number of ether oxygens (including phenoxy) is 2. The molecule has 3 heterocycles. The SMILES string of the molecule is O=C1OC2(CCN1CCF)CC1CCC(C2)N1C(=O)OCc1ccccc1. The highest BCUT2D eigenvalue weighted by Crippen LogP contribution is 2.46. The summed E-state index contributed by atoms with van der Waals surface area (Å²) >= 11 is 0. The molecule has 0 aliphatic carbocycles. The van der Waals surface area contributed by atoms with Gasteiger partial charge in [-0.1, -0.05) is 30.3 Å². The van der Waals surface area contributed by atoms with Gasteiger partial charge in [-0.25, -0.2) is 14.0 Å². The van der Waals surface area contributed by atoms with Crippen molar-refractivity contribution in [3.8, 4) is 0 Å². The second kappa shape index (κ2) is 7.37. The van der Waals surface area contributed by atoms with Gasteiger partial charge in [0.1, 0.15) is 18.9 Å². The Balaban J connectivity index is 1.38. The molecule has 3 fully saturated rings. The van der Waals surface area contributed by atoms with Crippen LogP contribution in [0.25, 0.3) is 0 Å². The summed E-state index contributed by atoms with van der Waals surface area (Å²) in [6, 6.07) is 9.69. The topological polar surface area (TPSA) is 59.1 Å². The minimum Gasteiger partial charge on any atom is -0.445 e. The molecule has 1 aromatic carbocycles. The van der Waals surface area contributed by atoms with Crippen molar-refractivity contribution in [2.75, 3.05) is 19.8 Å². The molecule has 1 spiro atoms. The zero-order valence-corrected chi connectivity index (χ0v) is 15.3. The van der Waals surface area contributed by atoms with E-state index in [2.05, 4.69) is 0 Å². The Morgan fingerprint density at radius 2 is 1.93 bits per heavy atom. The van der Waals surface area contributed by atoms with Gasteiger partial charge in [-0.05, 0) is 18.4 Å². The van der Waals surface area contributed by atoms with Crippen LogP contribution < -0.4 is 0 Å². The summed E-state index contributed by atoms with van der Waals surface area (Å²) in [5.74, 6) is 0. The summed E-state index contributed by atoms with van der Waals surface area (Å²) in [6.45, 7) is 0.294. The third-order valence-electron chi connectivity index (χ3n) is 6.00. The highest BCUT2D eigenvalue weighted by atomic mass is 19.1. The molecule has 0 N–H and O–H groups in total. The third-order valence-corrected chi connectivity index (χ3v) is 6.00. The van der Waals surface area contributed by atoms with Gasteiger partial charge in [0.05, 0.1) is 6.54 Å². The van der Waals surface area contributed by atoms with E-state index in [1.54, 1.807) is 0 Å². The van der Waals surface area contributed by atoms with Crippen LogP contribution in [0.1, 0.15) is 37.7 Å². The summed E-state index contributed by atoms with van der Waals surface area (Å²) in [4.78, 5) is 28.1. The van der Waals surface area contributed by atoms with Crippen molar-refractivity contribution >= 4 is 12.2 Å². The van der Waals surface area contributed by atoms with E-state index in [-0.39, 0.29) is 31.3 Å². The maximum atomic E-state index is 12.7. The van der Waals surface area contributed by atoms with Gasteiger partial charge in [-0.2, -0.15) is 0 Å². The highest BCUT2D eigenvalue weighted by Gasteiger charge is 2.54. The third kappa shape index (κ3) is 3.59. The van der Waals surface area contributed by atoms with Gasteiger partial charge >= 0.3 is 12.2 Å². The largest absolute Gasteiger partial charge is 0.445 e. The average molecular weight is 376 g/mol. The molecule has 0 saturated carbocycles. The molecule has 6 nitrogen and oxygen atoms in total. The summed E-state index contributed by atoms with van der Waals surface area (Å²) in [5.41, 5.74) is 0.437. The smallest absolute Gasteiger partial charge is 0.410 e. The Morgan fingerprint density at radius 3 is 2.56 bits per heavy atom. The number of hydrogen-bond acceptors (Lipinski definition) is 4. The van der Waals surface area contributed by atoms with Crippen LogP contribution in [0.5, 0.6) is 0 Å². The normalized spacial score (nSPS) is 29.7. The first-order chi connectivity index (χ1) is 13.1. The lowest BCUT2D eigenvalue weighted by atomic mass is 9.82. The van der Waals surface area contributed by atoms with E-state index in [9.17, 15) is 14.0 Å². The van der Waals surface area contributed by atoms with E-state index in [0.29, 0.717) is 25.8 Å². The summed E-state index contributed by atoms with van der Waals surface area (Å²) in [6.07, 6.45) is 3.05. The predicted molar refractivity (Wildman–Crippen MR) is 95.9 cm³/mol. The number of halogens is 1. The first-order valence-corrected chi connectivity index (χ1v) is 9.63. The van der Waals surface area contributed by atoms with Crippen LogP contribution in [0, 0.1) is 0 Å². The number of alkyl halides is 1. The molecule has 0 aromatic heterocycles. The Labute approximate surface area is 158 Å². The summed E-state index contributed by atoms with van der Waals surface area (Å²) in [7, 11) is 0. The molecule has 146 valence electrons. The van der Waals surface area contributed by atoms with Gasteiger partial charge in [0.2, 0.25) is 0 Å². The van der Waals surface area contributed by atoms with Crippen LogP contribution in [-0.4, -0.2) is 59.4 Å². The van der Waals surface area contributed by atoms with Crippen molar-refractivity contribution in [3.63, 3.8) is 0 Å². The lowest BCUT2D eigenvalue weighted by molar-refractivity contribution is -0.0959. The fraction of sp³-hybridized carbons (Fsp3) is 0.600. The molecule has 0 radical (unpaired) electrons. The molecule has 1 aromatic rings. The van der Waals surface area contributed by atoms with Gasteiger partial charge in [-0.3, -0.25) is 0 Å². The minimum atomic E-state index is -0.561. The fourth-order valence-corrected chi connectivity index (χ4v) is 4.72. The number of hydrogen-bond donors (Lipinski definition) is 0. The molecule has 3 aliphatic heterocycles. The Kier molecular flexibility index (Phi) is 4.93. The maximum Gasteiger partial charge on any atom is 0.410 e. The van der Waals surface area contributed by atoms with Gasteiger partial charge in [0, 0.05) is 37.9 Å². The summed E-state index contributed by atoms with van der Waals surface area (Å²) in [5, 5.41) is 0. The second-order valence-corrected chi connectivity index (χ2v) is 7.72. The quantitative estimate of drug-likeness (QED) is 0.807. The Morgan fingerprint density at radius 1 is 1.22 bits per heavy atom. The average Bonchev–Trinajstić information content (AvgIpc) is 2.95. The van der Waals surface area contributed by atoms with Crippen LogP contribution in [0.3, 0.4) is 0 Å². The van der Waals surface area contributed by atoms with E-state index in [4.69, 9.17) is 9.47 Å². The molecule has 3 aliphatic rings. The van der Waals surface area contributed by atoms with Crippen molar-refractivity contribution in [1.29, 1.82) is 0 Å². The lowest BCUT2D eigenvalue weighted by Gasteiger charge is -2.48. The van der Waals surface area contributed by atoms with Gasteiger partial charge in [-0.15, -0.1) is 0 Å². The first-order valence-electron chi connectivity index (χ1n) is 9.63. The second-order valence-electron chi connectivity index (χ2n) is 7.72. The zero-order valence-electron chi connectivity index (χ0n) is 15.3. The van der Waals surface area contributed by atoms with Crippen LogP contribution in [0.15, 0.2) is 30.3 Å². The van der Waals surface area contributed by atoms with Crippen molar-refractivity contribution in [2.45, 2.75) is 56.4 Å². The van der Waals surface area contributed by atoms with E-state index in [1.165, 1.54) is 4.90 Å². The van der Waals surface area contributed by atoms with Crippen molar-refractivity contribution in [3.05, 3.63) is 35.9 Å². The number of benzene rings is 1. The van der Waals surface area contributed by atoms with E-state index in [0.717, 1.165) is 18.4 Å². The molecule has 2 atom stereocenters. The van der Waals surface area contributed by atoms with Crippen molar-refractivity contribution in [2.24, 2.45) is 0 Å². The number of nitrogens with zero attached hydrogens (tertiary/aromatic N) is 2. The molecule has 27 heavy (non-hydrogen) atoms. The fourth-order valence-electron chi connectivity index (χ4n) is 4.72. The minimum absolute atomic E-state index is 0.0348. The number of fused-ring (bicyclic) bond motifs is 2. The van der Waals surface area contributed by atoms with Crippen LogP contribution >= 0.6 is 0 Å². The molecular weight excluding hydrogens is 351 g/mol. The van der Waals surface area contributed by atoms with Crippen LogP contribution in [0.2, 0.25) is 0 Å². The number of rotatable bonds is 4. The Bertz CT molecular complexity index is 684. The molecule has 4 rings (SSSR count). The van der Waals surface area contributed by atoms with E-state index < -0.39 is 18.4 Å². The maximum absolute atomic E-state index is 12.7. The van der Waals surface area contributed by atoms with Crippen molar-refractivity contribution < 1.29 is 23.5 Å². The number of amides is 2. The van der Waals surface area contributed by atoms with E-state index in [1.807, 2.05) is 35.2 Å².